The third-order valence-corrected chi connectivity index (χ3v) is 2.34. The molecule has 0 spiro atoms. The van der Waals surface area contributed by atoms with Gasteiger partial charge in [0.25, 0.3) is 0 Å². The summed E-state index contributed by atoms with van der Waals surface area (Å²) in [5, 5.41) is 3.31. The normalized spacial score (nSPS) is 11.7. The Morgan fingerprint density at radius 1 is 1.05 bits per heavy atom. The van der Waals surface area contributed by atoms with Gasteiger partial charge in [-0.15, -0.1) is 0 Å². The van der Waals surface area contributed by atoms with Gasteiger partial charge in [0.15, 0.2) is 5.69 Å². The fourth-order valence-electron chi connectivity index (χ4n) is 1.60. The monoisotopic (exact) mass is 292 g/mol. The molecule has 0 aliphatic rings. The van der Waals surface area contributed by atoms with Gasteiger partial charge in [-0.2, -0.15) is 18.3 Å². The third kappa shape index (κ3) is 2.87. The van der Waals surface area contributed by atoms with Gasteiger partial charge in [-0.25, -0.2) is 18.9 Å². The summed E-state index contributed by atoms with van der Waals surface area (Å²) >= 11 is 0. The van der Waals surface area contributed by atoms with Gasteiger partial charge in [-0.3, -0.25) is 0 Å². The molecule has 4 nitrogen and oxygen atoms in total. The molecular weight excluding hydrogens is 283 g/mol. The van der Waals surface area contributed by atoms with E-state index in [1.807, 2.05) is 0 Å². The lowest BCUT2D eigenvalue weighted by Crippen LogP contribution is -2.18. The van der Waals surface area contributed by atoms with Crippen LogP contribution in [0.1, 0.15) is 5.69 Å². The van der Waals surface area contributed by atoms with Gasteiger partial charge in [0, 0.05) is 19.2 Å². The maximum Gasteiger partial charge on any atom is 0.435 e. The van der Waals surface area contributed by atoms with Crippen LogP contribution >= 0.6 is 0 Å². The van der Waals surface area contributed by atoms with Gasteiger partial charge in [0.05, 0.1) is 5.69 Å². The van der Waals surface area contributed by atoms with E-state index < -0.39 is 23.5 Å². The molecule has 108 valence electrons. The van der Waals surface area contributed by atoms with Crippen LogP contribution in [0.4, 0.5) is 27.8 Å². The van der Waals surface area contributed by atoms with E-state index >= 15 is 0 Å². The summed E-state index contributed by atoms with van der Waals surface area (Å²) in [6, 6.07) is 3.08. The lowest BCUT2D eigenvalue weighted by molar-refractivity contribution is -0.141. The molecule has 0 atom stereocenters. The largest absolute Gasteiger partial charge is 0.435 e. The second kappa shape index (κ2) is 5.08. The molecule has 2 rings (SSSR count). The minimum atomic E-state index is -4.67. The van der Waals surface area contributed by atoms with Crippen LogP contribution < -0.4 is 10.9 Å². The van der Waals surface area contributed by atoms with Crippen molar-refractivity contribution in [1.82, 2.24) is 15.2 Å². The van der Waals surface area contributed by atoms with Crippen LogP contribution in [0.25, 0.3) is 5.69 Å². The molecule has 0 amide bonds. The number of anilines is 1. The van der Waals surface area contributed by atoms with Gasteiger partial charge in [0.1, 0.15) is 17.5 Å². The smallest absolute Gasteiger partial charge is 0.306 e. The van der Waals surface area contributed by atoms with Crippen molar-refractivity contribution in [2.45, 2.75) is 6.18 Å². The van der Waals surface area contributed by atoms with Crippen molar-refractivity contribution in [1.29, 1.82) is 0 Å². The van der Waals surface area contributed by atoms with Crippen LogP contribution in [-0.2, 0) is 6.18 Å². The maximum atomic E-state index is 13.1. The zero-order valence-electron chi connectivity index (χ0n) is 10.1. The Kier molecular flexibility index (Phi) is 3.62. The molecule has 0 bridgehead atoms. The molecule has 20 heavy (non-hydrogen) atoms. The minimum Gasteiger partial charge on any atom is -0.306 e. The number of alkyl halides is 3. The zero-order chi connectivity index (χ0) is 14.9. The first-order chi connectivity index (χ1) is 9.31. The third-order valence-electron chi connectivity index (χ3n) is 2.34. The molecule has 1 heterocycles. The highest BCUT2D eigenvalue weighted by molar-refractivity contribution is 5.46. The van der Waals surface area contributed by atoms with Gasteiger partial charge in [-0.05, 0) is 12.1 Å². The van der Waals surface area contributed by atoms with E-state index in [1.165, 1.54) is 7.05 Å². The fourth-order valence-corrected chi connectivity index (χ4v) is 1.60. The lowest BCUT2D eigenvalue weighted by atomic mass is 10.3. The lowest BCUT2D eigenvalue weighted by Gasteiger charge is -2.08. The highest BCUT2D eigenvalue weighted by atomic mass is 19.4. The van der Waals surface area contributed by atoms with Crippen LogP contribution in [0.5, 0.6) is 0 Å². The molecule has 0 fully saturated rings. The Hall–Kier alpha value is -2.16. The van der Waals surface area contributed by atoms with Crippen molar-refractivity contribution in [3.05, 3.63) is 41.6 Å². The average Bonchev–Trinajstić information content (AvgIpc) is 2.72. The van der Waals surface area contributed by atoms with Gasteiger partial charge >= 0.3 is 6.18 Å². The Bertz CT molecular complexity index is 600. The Morgan fingerprint density at radius 2 is 1.65 bits per heavy atom. The summed E-state index contributed by atoms with van der Waals surface area (Å²) in [7, 11) is 1.43. The second-order valence-corrected chi connectivity index (χ2v) is 3.83. The SMILES string of the molecule is CNNc1cc(C(F)(F)F)nn1-c1cc(F)cc(F)c1. The van der Waals surface area contributed by atoms with Crippen molar-refractivity contribution in [3.63, 3.8) is 0 Å². The van der Waals surface area contributed by atoms with E-state index in [2.05, 4.69) is 16.0 Å². The molecule has 1 aromatic carbocycles. The van der Waals surface area contributed by atoms with Crippen molar-refractivity contribution in [2.75, 3.05) is 12.5 Å². The topological polar surface area (TPSA) is 41.9 Å². The molecule has 0 radical (unpaired) electrons. The molecule has 0 aliphatic carbocycles. The number of hydrogen-bond donors (Lipinski definition) is 2. The first kappa shape index (κ1) is 14.3. The predicted octanol–water partition coefficient (Wildman–Crippen LogP) is 2.72. The van der Waals surface area contributed by atoms with Crippen LogP contribution in [0.2, 0.25) is 0 Å². The van der Waals surface area contributed by atoms with E-state index in [0.717, 1.165) is 22.9 Å². The highest BCUT2D eigenvalue weighted by Gasteiger charge is 2.35. The Labute approximate surface area is 110 Å². The second-order valence-electron chi connectivity index (χ2n) is 3.83. The Balaban J connectivity index is 2.56. The van der Waals surface area contributed by atoms with Crippen LogP contribution in [-0.4, -0.2) is 16.8 Å². The van der Waals surface area contributed by atoms with E-state index in [-0.39, 0.29) is 11.5 Å². The first-order valence-corrected chi connectivity index (χ1v) is 5.38. The van der Waals surface area contributed by atoms with E-state index in [0.29, 0.717) is 6.07 Å². The van der Waals surface area contributed by atoms with Crippen molar-refractivity contribution in [2.24, 2.45) is 0 Å². The molecule has 2 N–H and O–H groups in total. The highest BCUT2D eigenvalue weighted by Crippen LogP contribution is 2.31. The molecule has 0 aliphatic heterocycles. The summed E-state index contributed by atoms with van der Waals surface area (Å²) in [6.07, 6.45) is -4.67. The van der Waals surface area contributed by atoms with E-state index in [1.54, 1.807) is 0 Å². The number of nitrogens with zero attached hydrogens (tertiary/aromatic N) is 2. The number of rotatable bonds is 3. The molecule has 1 aromatic heterocycles. The fraction of sp³-hybridized carbons (Fsp3) is 0.182. The van der Waals surface area contributed by atoms with Gasteiger partial charge in [-0.1, -0.05) is 0 Å². The summed E-state index contributed by atoms with van der Waals surface area (Å²) < 4.78 is 64.9. The standard InChI is InChI=1S/C11H9F5N4/c1-17-18-10-5-9(11(14,15)16)19-20(10)8-3-6(12)2-7(13)4-8/h2-5,17-18H,1H3. The number of hydrogen-bond acceptors (Lipinski definition) is 3. The van der Waals surface area contributed by atoms with Crippen LogP contribution in [0, 0.1) is 11.6 Å². The van der Waals surface area contributed by atoms with E-state index in [9.17, 15) is 22.0 Å². The van der Waals surface area contributed by atoms with E-state index in [4.69, 9.17) is 0 Å². The zero-order valence-corrected chi connectivity index (χ0v) is 10.1. The minimum absolute atomic E-state index is 0.107. The first-order valence-electron chi connectivity index (χ1n) is 5.38. The molecule has 9 heteroatoms. The molecule has 2 aromatic rings. The summed E-state index contributed by atoms with van der Waals surface area (Å²) in [6.45, 7) is 0. The van der Waals surface area contributed by atoms with Crippen molar-refractivity contribution >= 4 is 5.82 Å². The maximum absolute atomic E-state index is 13.1. The number of aromatic nitrogens is 2. The van der Waals surface area contributed by atoms with Crippen LogP contribution in [0.15, 0.2) is 24.3 Å². The number of benzene rings is 1. The van der Waals surface area contributed by atoms with Gasteiger partial charge < -0.3 is 5.43 Å². The summed E-state index contributed by atoms with van der Waals surface area (Å²) in [5.74, 6) is -1.94. The summed E-state index contributed by atoms with van der Waals surface area (Å²) in [4.78, 5) is 0. The number of halogens is 5. The molecular formula is C11H9F5N4. The molecule has 0 saturated carbocycles. The molecule has 0 saturated heterocycles. The van der Waals surface area contributed by atoms with Gasteiger partial charge in [0.2, 0.25) is 0 Å². The van der Waals surface area contributed by atoms with Crippen molar-refractivity contribution < 1.29 is 22.0 Å². The Morgan fingerprint density at radius 3 is 2.15 bits per heavy atom. The molecule has 0 unspecified atom stereocenters. The average molecular weight is 292 g/mol. The van der Waals surface area contributed by atoms with Crippen molar-refractivity contribution in [3.8, 4) is 5.69 Å². The quantitative estimate of drug-likeness (QED) is 0.675. The predicted molar refractivity (Wildman–Crippen MR) is 61.2 cm³/mol. The van der Waals surface area contributed by atoms with Crippen LogP contribution in [0.3, 0.4) is 0 Å². The number of hydrazine groups is 1. The summed E-state index contributed by atoms with van der Waals surface area (Å²) in [5.41, 5.74) is 3.48. The number of nitrogens with one attached hydrogen (secondary N) is 2.